The van der Waals surface area contributed by atoms with Crippen LogP contribution < -0.4 is 37.2 Å². The number of hydrogen-bond donors (Lipinski definition) is 0. The van der Waals surface area contributed by atoms with Gasteiger partial charge in [-0.3, -0.25) is 9.98 Å². The number of aryl methyl sites for hydroxylation is 7. The molecule has 1 radical (unpaired) electrons. The summed E-state index contributed by atoms with van der Waals surface area (Å²) in [4.78, 5) is 15.1. The minimum absolute atomic E-state index is 0. The van der Waals surface area contributed by atoms with Gasteiger partial charge in [0.1, 0.15) is 0 Å². The van der Waals surface area contributed by atoms with Gasteiger partial charge in [0.15, 0.2) is 0 Å². The Kier molecular flexibility index (Phi) is 25.9. The molecule has 0 spiro atoms. The van der Waals surface area contributed by atoms with E-state index < -0.39 is 0 Å². The van der Waals surface area contributed by atoms with Crippen molar-refractivity contribution < 1.29 is 78.1 Å². The summed E-state index contributed by atoms with van der Waals surface area (Å²) < 4.78 is 0. The van der Waals surface area contributed by atoms with E-state index in [1.165, 1.54) is 51.8 Å². The summed E-state index contributed by atoms with van der Waals surface area (Å²) in [6.45, 7) is 15.7. The van der Waals surface area contributed by atoms with Crippen LogP contribution in [0.1, 0.15) is 130 Å². The first-order chi connectivity index (χ1) is 20.0. The normalized spacial score (nSPS) is 10.7. The van der Waals surface area contributed by atoms with Gasteiger partial charge in [0, 0.05) is 0 Å². The third kappa shape index (κ3) is 14.4. The molecule has 0 fully saturated rings. The van der Waals surface area contributed by atoms with Gasteiger partial charge in [0.05, 0.1) is 35.2 Å². The van der Waals surface area contributed by atoms with E-state index in [1.807, 2.05) is 12.4 Å². The first-order valence-electron chi connectivity index (χ1n) is 16.3. The Hall–Kier alpha value is -0.849. The van der Waals surface area contributed by atoms with E-state index in [2.05, 4.69) is 84.9 Å². The van der Waals surface area contributed by atoms with Gasteiger partial charge < -0.3 is 37.2 Å². The number of rotatable bonds is 16. The fourth-order valence-corrected chi connectivity index (χ4v) is 5.82. The van der Waals surface area contributed by atoms with Gasteiger partial charge in [-0.1, -0.05) is 104 Å². The van der Waals surface area contributed by atoms with Gasteiger partial charge in [-0.15, -0.1) is 0 Å². The minimum Gasteiger partial charge on any atom is -1.00 e. The molecule has 245 valence electrons. The molecule has 3 rings (SSSR count). The predicted molar refractivity (Wildman–Crippen MR) is 180 cm³/mol. The number of nitrogens with zero attached hydrogens (tertiary/aromatic N) is 3. The average Bonchev–Trinajstić information content (AvgIpc) is 2.93. The van der Waals surface area contributed by atoms with E-state index in [4.69, 9.17) is 15.0 Å². The molecule has 0 saturated heterocycles. The standard InChI is InChI=1S/C38H53N3.3ClH.Nd/c1-8-14-29-22-31(16-10-3)37(32(23-29)17-11-4)39-26-35-20-28(7)21-36(41-35)27-40-38-33(18-12-5)24-30(15-9-2)25-34(38)19-13-6;;;;/h20-27H,8-19H2,1-7H3;3*1H;/q;;;;+3/p-3. The van der Waals surface area contributed by atoms with Crippen molar-refractivity contribution >= 4 is 23.8 Å². The number of hydrogen-bond acceptors (Lipinski definition) is 3. The van der Waals surface area contributed by atoms with Crippen LogP contribution in [-0.4, -0.2) is 17.4 Å². The van der Waals surface area contributed by atoms with Crippen molar-refractivity contribution in [3.8, 4) is 0 Å². The maximum Gasteiger partial charge on any atom is 3.00 e. The monoisotopic (exact) mass is 798 g/mol. The Morgan fingerprint density at radius 2 is 0.778 bits per heavy atom. The Bertz CT molecular complexity index is 1190. The van der Waals surface area contributed by atoms with E-state index in [-0.39, 0.29) is 78.1 Å². The molecule has 2 aromatic carbocycles. The fourth-order valence-electron chi connectivity index (χ4n) is 5.82. The summed E-state index contributed by atoms with van der Waals surface area (Å²) in [6.07, 6.45) is 17.2. The molecule has 0 atom stereocenters. The maximum absolute atomic E-state index is 5.09. The second-order valence-corrected chi connectivity index (χ2v) is 11.5. The molecular weight excluding hydrogens is 749 g/mol. The summed E-state index contributed by atoms with van der Waals surface area (Å²) in [6, 6.07) is 13.8. The zero-order valence-corrected chi connectivity index (χ0v) is 34.1. The summed E-state index contributed by atoms with van der Waals surface area (Å²) in [5.74, 6) is 0. The van der Waals surface area contributed by atoms with Crippen LogP contribution in [0.15, 0.2) is 46.4 Å². The minimum atomic E-state index is 0. The van der Waals surface area contributed by atoms with Crippen LogP contribution in [0.3, 0.4) is 0 Å². The van der Waals surface area contributed by atoms with Crippen molar-refractivity contribution in [3.63, 3.8) is 0 Å². The van der Waals surface area contributed by atoms with E-state index in [0.717, 1.165) is 87.0 Å². The Morgan fingerprint density at radius 3 is 1.04 bits per heavy atom. The van der Waals surface area contributed by atoms with Gasteiger partial charge in [-0.25, -0.2) is 4.98 Å². The molecule has 45 heavy (non-hydrogen) atoms. The van der Waals surface area contributed by atoms with E-state index in [1.54, 1.807) is 0 Å². The largest absolute Gasteiger partial charge is 3.00 e. The Morgan fingerprint density at radius 1 is 0.489 bits per heavy atom. The van der Waals surface area contributed by atoms with Crippen LogP contribution in [0.5, 0.6) is 0 Å². The number of aliphatic imine (C=N–C) groups is 2. The molecule has 3 aromatic rings. The van der Waals surface area contributed by atoms with Gasteiger partial charge in [-0.2, -0.15) is 0 Å². The summed E-state index contributed by atoms with van der Waals surface area (Å²) in [7, 11) is 0. The quantitative estimate of drug-likeness (QED) is 0.203. The van der Waals surface area contributed by atoms with Gasteiger partial charge in [0.25, 0.3) is 0 Å². The smallest absolute Gasteiger partial charge is 1.00 e. The second kappa shape index (κ2) is 25.2. The van der Waals surface area contributed by atoms with Gasteiger partial charge >= 0.3 is 40.8 Å². The molecule has 0 bridgehead atoms. The first kappa shape index (κ1) is 46.3. The van der Waals surface area contributed by atoms with Crippen molar-refractivity contribution in [2.24, 2.45) is 9.98 Å². The number of halogens is 3. The third-order valence-electron chi connectivity index (χ3n) is 7.47. The van der Waals surface area contributed by atoms with Crippen LogP contribution in [-0.2, 0) is 38.5 Å². The molecule has 0 aliphatic rings. The molecular formula is C38H53Cl3N3Nd. The van der Waals surface area contributed by atoms with E-state index in [0.29, 0.717) is 0 Å². The first-order valence-corrected chi connectivity index (χ1v) is 16.3. The van der Waals surface area contributed by atoms with Crippen LogP contribution in [0.2, 0.25) is 0 Å². The summed E-state index contributed by atoms with van der Waals surface area (Å²) in [5.41, 5.74) is 13.6. The van der Waals surface area contributed by atoms with Crippen molar-refractivity contribution in [1.82, 2.24) is 4.98 Å². The Labute approximate surface area is 326 Å². The van der Waals surface area contributed by atoms with E-state index >= 15 is 0 Å². The molecule has 1 heterocycles. The average molecular weight is 802 g/mol. The number of pyridine rings is 1. The molecule has 3 nitrogen and oxygen atoms in total. The zero-order chi connectivity index (χ0) is 29.6. The van der Waals surface area contributed by atoms with Crippen LogP contribution in [0.25, 0.3) is 0 Å². The molecule has 0 saturated carbocycles. The topological polar surface area (TPSA) is 37.6 Å². The molecule has 7 heteroatoms. The number of aromatic nitrogens is 1. The van der Waals surface area contributed by atoms with E-state index in [9.17, 15) is 0 Å². The SMILES string of the molecule is CCCc1cc(CCC)c(N=Cc2cc(C)cc(C=Nc3c(CCC)cc(CCC)cc3CCC)n2)c(CCC)c1.[Cl-].[Cl-].[Cl-].[Nd+3]. The Balaban J connectivity index is 0. The van der Waals surface area contributed by atoms with Crippen LogP contribution in [0, 0.1) is 47.8 Å². The number of benzene rings is 2. The summed E-state index contributed by atoms with van der Waals surface area (Å²) >= 11 is 0. The zero-order valence-electron chi connectivity index (χ0n) is 28.6. The maximum atomic E-state index is 5.09. The molecule has 0 amide bonds. The predicted octanol–water partition coefficient (Wildman–Crippen LogP) is 1.62. The summed E-state index contributed by atoms with van der Waals surface area (Å²) in [5, 5.41) is 0. The van der Waals surface area contributed by atoms with Gasteiger partial charge in [-0.05, 0) is 96.5 Å². The molecule has 0 unspecified atom stereocenters. The van der Waals surface area contributed by atoms with Crippen molar-refractivity contribution in [2.75, 3.05) is 0 Å². The van der Waals surface area contributed by atoms with Crippen molar-refractivity contribution in [1.29, 1.82) is 0 Å². The molecule has 1 aromatic heterocycles. The van der Waals surface area contributed by atoms with Crippen LogP contribution >= 0.6 is 0 Å². The second-order valence-electron chi connectivity index (χ2n) is 11.5. The fraction of sp³-hybridized carbons (Fsp3) is 0.500. The molecule has 0 aliphatic heterocycles. The van der Waals surface area contributed by atoms with Crippen molar-refractivity contribution in [2.45, 2.75) is 126 Å². The molecule has 0 aliphatic carbocycles. The molecule has 0 N–H and O–H groups in total. The third-order valence-corrected chi connectivity index (χ3v) is 7.47. The van der Waals surface area contributed by atoms with Gasteiger partial charge in [0.2, 0.25) is 0 Å². The van der Waals surface area contributed by atoms with Crippen molar-refractivity contribution in [3.05, 3.63) is 86.7 Å². The van der Waals surface area contributed by atoms with Crippen LogP contribution in [0.4, 0.5) is 11.4 Å².